The van der Waals surface area contributed by atoms with Crippen LogP contribution < -0.4 is 0 Å². The minimum Gasteiger partial charge on any atom is -0.264 e. The molecule has 0 bridgehead atoms. The molecule has 0 aliphatic heterocycles. The van der Waals surface area contributed by atoms with E-state index in [0.29, 0.717) is 0 Å². The topological polar surface area (TPSA) is 12.9 Å². The maximum atomic E-state index is 4.16. The van der Waals surface area contributed by atoms with Crippen LogP contribution in [0.25, 0.3) is 0 Å². The van der Waals surface area contributed by atoms with Crippen molar-refractivity contribution in [1.82, 2.24) is 4.98 Å². The molecule has 15 heavy (non-hydrogen) atoms. The zero-order valence-electron chi connectivity index (χ0n) is 9.83. The number of aryl methyl sites for hydroxylation is 2. The number of hydrogen-bond donors (Lipinski definition) is 0. The van der Waals surface area contributed by atoms with Crippen LogP contribution in [-0.2, 0) is 6.42 Å². The molecule has 0 radical (unpaired) electrons. The summed E-state index contributed by atoms with van der Waals surface area (Å²) in [4.78, 5) is 4.16. The van der Waals surface area contributed by atoms with Crippen molar-refractivity contribution in [2.45, 2.75) is 33.6 Å². The maximum Gasteiger partial charge on any atom is 0.0302 e. The summed E-state index contributed by atoms with van der Waals surface area (Å²) in [5.41, 5.74) is 4.07. The number of nitrogens with zero attached hydrogens (tertiary/aromatic N) is 1. The van der Waals surface area contributed by atoms with Gasteiger partial charge < -0.3 is 0 Å². The normalized spacial score (nSPS) is 12.3. The van der Waals surface area contributed by atoms with E-state index < -0.39 is 0 Å². The molecule has 1 nitrogen and oxygen atoms in total. The van der Waals surface area contributed by atoms with Gasteiger partial charge in [-0.15, -0.1) is 0 Å². The number of hydrogen-bond acceptors (Lipinski definition) is 1. The predicted molar refractivity (Wildman–Crippen MR) is 65.9 cm³/mol. The molecule has 1 aromatic heterocycles. The molecule has 0 spiro atoms. The average molecular weight is 201 g/mol. The van der Waals surface area contributed by atoms with Crippen LogP contribution in [0.3, 0.4) is 0 Å². The Hall–Kier alpha value is -1.37. The van der Waals surface area contributed by atoms with Crippen LogP contribution in [0.5, 0.6) is 0 Å². The SMILES string of the molecule is C/C=C\C(=C/C)CCc1cnccc1C. The van der Waals surface area contributed by atoms with Crippen LogP contribution in [0, 0.1) is 6.92 Å². The molecule has 0 atom stereocenters. The van der Waals surface area contributed by atoms with Crippen molar-refractivity contribution in [1.29, 1.82) is 0 Å². The second-order valence-electron chi connectivity index (χ2n) is 3.67. The second kappa shape index (κ2) is 6.18. The third-order valence-electron chi connectivity index (χ3n) is 2.58. The molecule has 80 valence electrons. The van der Waals surface area contributed by atoms with E-state index in [1.807, 2.05) is 12.4 Å². The summed E-state index contributed by atoms with van der Waals surface area (Å²) in [6, 6.07) is 2.07. The van der Waals surface area contributed by atoms with Crippen LogP contribution in [0.2, 0.25) is 0 Å². The van der Waals surface area contributed by atoms with E-state index in [0.717, 1.165) is 12.8 Å². The molecule has 0 fully saturated rings. The molecule has 0 aliphatic carbocycles. The van der Waals surface area contributed by atoms with Gasteiger partial charge in [0.2, 0.25) is 0 Å². The molecule has 0 amide bonds. The van der Waals surface area contributed by atoms with Gasteiger partial charge >= 0.3 is 0 Å². The van der Waals surface area contributed by atoms with Gasteiger partial charge in [0, 0.05) is 12.4 Å². The molecule has 0 aliphatic rings. The van der Waals surface area contributed by atoms with Gasteiger partial charge in [0.15, 0.2) is 0 Å². The molecule has 0 saturated heterocycles. The summed E-state index contributed by atoms with van der Waals surface area (Å²) in [5, 5.41) is 0. The van der Waals surface area contributed by atoms with Crippen LogP contribution in [0.4, 0.5) is 0 Å². The van der Waals surface area contributed by atoms with Gasteiger partial charge in [0.1, 0.15) is 0 Å². The van der Waals surface area contributed by atoms with Gasteiger partial charge in [-0.2, -0.15) is 0 Å². The van der Waals surface area contributed by atoms with Crippen molar-refractivity contribution < 1.29 is 0 Å². The monoisotopic (exact) mass is 201 g/mol. The summed E-state index contributed by atoms with van der Waals surface area (Å²) in [6.45, 7) is 6.28. The highest BCUT2D eigenvalue weighted by Crippen LogP contribution is 2.12. The molecular formula is C14H19N. The Kier molecular flexibility index (Phi) is 4.82. The lowest BCUT2D eigenvalue weighted by atomic mass is 10.0. The Morgan fingerprint density at radius 2 is 2.20 bits per heavy atom. The smallest absolute Gasteiger partial charge is 0.0302 e. The molecule has 0 unspecified atom stereocenters. The summed E-state index contributed by atoms with van der Waals surface area (Å²) < 4.78 is 0. The lowest BCUT2D eigenvalue weighted by Gasteiger charge is -2.05. The molecular weight excluding hydrogens is 182 g/mol. The van der Waals surface area contributed by atoms with Crippen LogP contribution in [-0.4, -0.2) is 4.98 Å². The highest BCUT2D eigenvalue weighted by Gasteiger charge is 1.98. The van der Waals surface area contributed by atoms with Gasteiger partial charge in [0.25, 0.3) is 0 Å². The number of rotatable bonds is 4. The van der Waals surface area contributed by atoms with Crippen molar-refractivity contribution in [3.05, 3.63) is 53.4 Å². The van der Waals surface area contributed by atoms with E-state index in [2.05, 4.69) is 50.0 Å². The largest absolute Gasteiger partial charge is 0.264 e. The average Bonchev–Trinajstić information content (AvgIpc) is 2.26. The molecule has 0 aromatic carbocycles. The quantitative estimate of drug-likeness (QED) is 0.674. The van der Waals surface area contributed by atoms with Crippen molar-refractivity contribution >= 4 is 0 Å². The van der Waals surface area contributed by atoms with Gasteiger partial charge in [-0.3, -0.25) is 4.98 Å². The van der Waals surface area contributed by atoms with Crippen LogP contribution in [0.1, 0.15) is 31.4 Å². The maximum absolute atomic E-state index is 4.16. The fourth-order valence-corrected chi connectivity index (χ4v) is 1.58. The Labute approximate surface area is 92.6 Å². The first kappa shape index (κ1) is 11.7. The lowest BCUT2D eigenvalue weighted by molar-refractivity contribution is 0.939. The van der Waals surface area contributed by atoms with E-state index in [9.17, 15) is 0 Å². The minimum absolute atomic E-state index is 1.07. The summed E-state index contributed by atoms with van der Waals surface area (Å²) in [5.74, 6) is 0. The van der Waals surface area contributed by atoms with Gasteiger partial charge in [0.05, 0.1) is 0 Å². The van der Waals surface area contributed by atoms with E-state index in [4.69, 9.17) is 0 Å². The Morgan fingerprint density at radius 1 is 1.40 bits per heavy atom. The van der Waals surface area contributed by atoms with Crippen LogP contribution >= 0.6 is 0 Å². The molecule has 1 aromatic rings. The first-order valence-electron chi connectivity index (χ1n) is 5.45. The standard InChI is InChI=1S/C14H19N/c1-4-6-13(5-2)7-8-14-11-15-10-9-12(14)3/h4-6,9-11H,7-8H2,1-3H3/b6-4-,13-5+. The number of allylic oxidation sites excluding steroid dienone is 4. The number of aromatic nitrogens is 1. The first-order valence-corrected chi connectivity index (χ1v) is 5.45. The Balaban J connectivity index is 2.61. The molecule has 0 saturated carbocycles. The molecule has 1 heteroatoms. The minimum atomic E-state index is 1.07. The molecule has 1 heterocycles. The van der Waals surface area contributed by atoms with Crippen LogP contribution in [0.15, 0.2) is 42.3 Å². The van der Waals surface area contributed by atoms with Gasteiger partial charge in [-0.05, 0) is 50.8 Å². The summed E-state index contributed by atoms with van der Waals surface area (Å²) in [6.07, 6.45) is 12.4. The van der Waals surface area contributed by atoms with Crippen molar-refractivity contribution in [3.8, 4) is 0 Å². The Bertz CT molecular complexity index is 361. The zero-order chi connectivity index (χ0) is 11.1. The van der Waals surface area contributed by atoms with E-state index in [-0.39, 0.29) is 0 Å². The van der Waals surface area contributed by atoms with E-state index >= 15 is 0 Å². The highest BCUT2D eigenvalue weighted by atomic mass is 14.6. The van der Waals surface area contributed by atoms with Crippen molar-refractivity contribution in [3.63, 3.8) is 0 Å². The second-order valence-corrected chi connectivity index (χ2v) is 3.67. The fourth-order valence-electron chi connectivity index (χ4n) is 1.58. The Morgan fingerprint density at radius 3 is 2.80 bits per heavy atom. The molecule has 0 N–H and O–H groups in total. The highest BCUT2D eigenvalue weighted by molar-refractivity contribution is 5.25. The third kappa shape index (κ3) is 3.70. The first-order chi connectivity index (χ1) is 7.27. The lowest BCUT2D eigenvalue weighted by Crippen LogP contribution is -1.92. The van der Waals surface area contributed by atoms with Gasteiger partial charge in [-0.25, -0.2) is 0 Å². The van der Waals surface area contributed by atoms with Gasteiger partial charge in [-0.1, -0.05) is 23.8 Å². The summed E-state index contributed by atoms with van der Waals surface area (Å²) >= 11 is 0. The zero-order valence-corrected chi connectivity index (χ0v) is 9.83. The van der Waals surface area contributed by atoms with Crippen molar-refractivity contribution in [2.24, 2.45) is 0 Å². The van der Waals surface area contributed by atoms with E-state index in [1.165, 1.54) is 16.7 Å². The van der Waals surface area contributed by atoms with E-state index in [1.54, 1.807) is 0 Å². The van der Waals surface area contributed by atoms with Crippen molar-refractivity contribution in [2.75, 3.05) is 0 Å². The number of pyridine rings is 1. The predicted octanol–water partition coefficient (Wildman–Crippen LogP) is 3.85. The third-order valence-corrected chi connectivity index (χ3v) is 2.58. The fraction of sp³-hybridized carbons (Fsp3) is 0.357. The summed E-state index contributed by atoms with van der Waals surface area (Å²) in [7, 11) is 0. The molecule has 1 rings (SSSR count).